The number of hydrogen-bond donors (Lipinski definition) is 1. The quantitative estimate of drug-likeness (QED) is 0.919. The Hall–Kier alpha value is -1.85. The van der Waals surface area contributed by atoms with E-state index in [-0.39, 0.29) is 5.54 Å². The highest BCUT2D eigenvalue weighted by Crippen LogP contribution is 2.55. The Kier molecular flexibility index (Phi) is 3.44. The maximum absolute atomic E-state index is 13.4. The van der Waals surface area contributed by atoms with Crippen molar-refractivity contribution in [3.05, 3.63) is 52.8 Å². The summed E-state index contributed by atoms with van der Waals surface area (Å²) in [5.74, 6) is 0.701. The lowest BCUT2D eigenvalue weighted by molar-refractivity contribution is -0.137. The molecule has 4 heterocycles. The summed E-state index contributed by atoms with van der Waals surface area (Å²) in [6.45, 7) is 2.49. The molecule has 1 aromatic carbocycles. The number of H-pyrrole nitrogens is 1. The first-order chi connectivity index (χ1) is 12.2. The van der Waals surface area contributed by atoms with E-state index in [1.807, 2.05) is 35.2 Å². The Morgan fingerprint density at radius 2 is 2.28 bits per heavy atom. The van der Waals surface area contributed by atoms with E-state index in [4.69, 9.17) is 11.6 Å². The van der Waals surface area contributed by atoms with E-state index in [0.29, 0.717) is 24.4 Å². The molecule has 5 nitrogen and oxygen atoms in total. The average Bonchev–Trinajstić information content (AvgIpc) is 3.33. The molecule has 0 radical (unpaired) electrons. The van der Waals surface area contributed by atoms with Crippen LogP contribution in [0, 0.1) is 5.92 Å². The standard InChI is InChI=1S/C19H21ClN4O/c20-15-4-1-3-13(9-15)11-23-12-14-10-17(16-5-7-21-22-16)24-8-2-6-19(14,24)18(23)25/h1,3-5,7,9,14,17H,2,6,8,10-12H2,(H,21,22)/t14-,17-,19-/m0/s1. The topological polar surface area (TPSA) is 52.2 Å². The van der Waals surface area contributed by atoms with Crippen LogP contribution in [-0.4, -0.2) is 44.5 Å². The van der Waals surface area contributed by atoms with Crippen molar-refractivity contribution < 1.29 is 4.79 Å². The highest BCUT2D eigenvalue weighted by atomic mass is 35.5. The number of amides is 1. The van der Waals surface area contributed by atoms with Gasteiger partial charge in [-0.3, -0.25) is 14.8 Å². The molecule has 5 rings (SSSR count). The molecule has 1 spiro atoms. The minimum Gasteiger partial charge on any atom is -0.336 e. The van der Waals surface area contributed by atoms with Crippen molar-refractivity contribution in [1.82, 2.24) is 20.0 Å². The molecule has 3 aliphatic heterocycles. The number of nitrogens with one attached hydrogen (secondary N) is 1. The van der Waals surface area contributed by atoms with E-state index >= 15 is 0 Å². The predicted octanol–water partition coefficient (Wildman–Crippen LogP) is 3.00. The SMILES string of the molecule is O=C1N(Cc2cccc(Cl)c2)C[C@@H]2C[C@@H](c3ccn[nH]3)N3CCC[C@@]123. The lowest BCUT2D eigenvalue weighted by atomic mass is 9.85. The van der Waals surface area contributed by atoms with Gasteiger partial charge in [-0.1, -0.05) is 23.7 Å². The van der Waals surface area contributed by atoms with Crippen LogP contribution >= 0.6 is 11.6 Å². The van der Waals surface area contributed by atoms with Gasteiger partial charge in [0, 0.05) is 30.2 Å². The van der Waals surface area contributed by atoms with E-state index in [9.17, 15) is 4.79 Å². The van der Waals surface area contributed by atoms with Crippen LogP contribution in [-0.2, 0) is 11.3 Å². The van der Waals surface area contributed by atoms with E-state index in [2.05, 4.69) is 15.1 Å². The number of halogens is 1. The molecule has 0 aliphatic carbocycles. The largest absolute Gasteiger partial charge is 0.336 e. The molecular weight excluding hydrogens is 336 g/mol. The van der Waals surface area contributed by atoms with Crippen LogP contribution < -0.4 is 0 Å². The summed E-state index contributed by atoms with van der Waals surface area (Å²) in [5.41, 5.74) is 1.95. The highest BCUT2D eigenvalue weighted by Gasteiger charge is 2.65. The Bertz CT molecular complexity index is 808. The lowest BCUT2D eigenvalue weighted by Crippen LogP contribution is -2.49. The summed E-state index contributed by atoms with van der Waals surface area (Å²) in [5, 5.41) is 7.96. The van der Waals surface area contributed by atoms with Crippen molar-refractivity contribution in [3.63, 3.8) is 0 Å². The van der Waals surface area contributed by atoms with Crippen LogP contribution in [0.5, 0.6) is 0 Å². The summed E-state index contributed by atoms with van der Waals surface area (Å²) < 4.78 is 0. The summed E-state index contributed by atoms with van der Waals surface area (Å²) in [6, 6.07) is 10.2. The number of carbonyl (C=O) groups is 1. The maximum atomic E-state index is 13.4. The van der Waals surface area contributed by atoms with E-state index in [0.717, 1.165) is 48.6 Å². The number of aromatic nitrogens is 2. The molecule has 0 unspecified atom stereocenters. The van der Waals surface area contributed by atoms with Crippen molar-refractivity contribution in [1.29, 1.82) is 0 Å². The van der Waals surface area contributed by atoms with Gasteiger partial charge in [0.15, 0.2) is 0 Å². The smallest absolute Gasteiger partial charge is 0.243 e. The van der Waals surface area contributed by atoms with Gasteiger partial charge < -0.3 is 4.90 Å². The van der Waals surface area contributed by atoms with Gasteiger partial charge >= 0.3 is 0 Å². The summed E-state index contributed by atoms with van der Waals surface area (Å²) in [6.07, 6.45) is 4.91. The zero-order valence-corrected chi connectivity index (χ0v) is 14.7. The van der Waals surface area contributed by atoms with Gasteiger partial charge in [0.2, 0.25) is 5.91 Å². The monoisotopic (exact) mass is 356 g/mol. The number of benzene rings is 1. The van der Waals surface area contributed by atoms with Crippen molar-refractivity contribution in [2.24, 2.45) is 5.92 Å². The summed E-state index contributed by atoms with van der Waals surface area (Å²) in [7, 11) is 0. The fourth-order valence-electron chi connectivity index (χ4n) is 5.32. The third-order valence-electron chi connectivity index (χ3n) is 6.27. The minimum absolute atomic E-state index is 0.297. The van der Waals surface area contributed by atoms with Crippen LogP contribution in [0.2, 0.25) is 5.02 Å². The Labute approximate surface area is 152 Å². The third kappa shape index (κ3) is 2.19. The van der Waals surface area contributed by atoms with Gasteiger partial charge in [-0.2, -0.15) is 5.10 Å². The fraction of sp³-hybridized carbons (Fsp3) is 0.474. The van der Waals surface area contributed by atoms with Crippen LogP contribution in [0.1, 0.15) is 36.6 Å². The molecule has 3 aliphatic rings. The zero-order valence-electron chi connectivity index (χ0n) is 14.0. The van der Waals surface area contributed by atoms with Gasteiger partial charge in [-0.15, -0.1) is 0 Å². The number of aromatic amines is 1. The van der Waals surface area contributed by atoms with E-state index < -0.39 is 0 Å². The van der Waals surface area contributed by atoms with Gasteiger partial charge in [0.1, 0.15) is 5.54 Å². The molecule has 6 heteroatoms. The number of carbonyl (C=O) groups excluding carboxylic acids is 1. The first kappa shape index (κ1) is 15.4. The molecule has 2 aromatic rings. The molecule has 1 aromatic heterocycles. The second kappa shape index (κ2) is 5.58. The average molecular weight is 357 g/mol. The van der Waals surface area contributed by atoms with Crippen LogP contribution in [0.3, 0.4) is 0 Å². The normalized spacial score (nSPS) is 31.6. The lowest BCUT2D eigenvalue weighted by Gasteiger charge is -2.33. The molecular formula is C19H21ClN4O. The van der Waals surface area contributed by atoms with Crippen molar-refractivity contribution >= 4 is 17.5 Å². The molecule has 0 bridgehead atoms. The van der Waals surface area contributed by atoms with Crippen molar-refractivity contribution in [2.75, 3.05) is 13.1 Å². The molecule has 3 atom stereocenters. The zero-order chi connectivity index (χ0) is 17.0. The molecule has 1 N–H and O–H groups in total. The van der Waals surface area contributed by atoms with Crippen LogP contribution in [0.25, 0.3) is 0 Å². The molecule has 3 saturated heterocycles. The Balaban J connectivity index is 1.43. The van der Waals surface area contributed by atoms with E-state index in [1.165, 1.54) is 0 Å². The van der Waals surface area contributed by atoms with Gasteiger partial charge in [0.25, 0.3) is 0 Å². The number of rotatable bonds is 3. The van der Waals surface area contributed by atoms with Crippen molar-refractivity contribution in [2.45, 2.75) is 37.4 Å². The predicted molar refractivity (Wildman–Crippen MR) is 95.0 cm³/mol. The number of nitrogens with zero attached hydrogens (tertiary/aromatic N) is 3. The molecule has 25 heavy (non-hydrogen) atoms. The Morgan fingerprint density at radius 1 is 1.36 bits per heavy atom. The molecule has 0 saturated carbocycles. The number of hydrogen-bond acceptors (Lipinski definition) is 3. The van der Waals surface area contributed by atoms with Gasteiger partial charge in [0.05, 0.1) is 11.7 Å². The second-order valence-electron chi connectivity index (χ2n) is 7.50. The van der Waals surface area contributed by atoms with Crippen LogP contribution in [0.15, 0.2) is 36.5 Å². The molecule has 1 amide bonds. The Morgan fingerprint density at radius 3 is 3.08 bits per heavy atom. The van der Waals surface area contributed by atoms with Crippen molar-refractivity contribution in [3.8, 4) is 0 Å². The molecule has 3 fully saturated rings. The summed E-state index contributed by atoms with van der Waals surface area (Å²) >= 11 is 6.11. The second-order valence-corrected chi connectivity index (χ2v) is 7.93. The first-order valence-corrected chi connectivity index (χ1v) is 9.36. The number of likely N-dealkylation sites (tertiary alicyclic amines) is 1. The summed E-state index contributed by atoms with van der Waals surface area (Å²) in [4.78, 5) is 17.9. The minimum atomic E-state index is -0.297. The first-order valence-electron chi connectivity index (χ1n) is 8.98. The molecule has 130 valence electrons. The van der Waals surface area contributed by atoms with Gasteiger partial charge in [-0.25, -0.2) is 0 Å². The third-order valence-corrected chi connectivity index (χ3v) is 6.51. The van der Waals surface area contributed by atoms with E-state index in [1.54, 1.807) is 6.20 Å². The highest BCUT2D eigenvalue weighted by molar-refractivity contribution is 6.30. The van der Waals surface area contributed by atoms with Crippen LogP contribution in [0.4, 0.5) is 0 Å². The maximum Gasteiger partial charge on any atom is 0.243 e. The fourth-order valence-corrected chi connectivity index (χ4v) is 5.53. The van der Waals surface area contributed by atoms with Gasteiger partial charge in [-0.05, 0) is 49.6 Å².